The number of benzene rings is 1. The fraction of sp³-hybridized carbons (Fsp3) is 0.400. The molecule has 0 saturated carbocycles. The first-order valence-corrected chi connectivity index (χ1v) is 7.22. The van der Waals surface area contributed by atoms with E-state index in [-0.39, 0.29) is 5.75 Å². The Balaban J connectivity index is 2.92. The number of ether oxygens (including phenoxy) is 2. The molecule has 0 bridgehead atoms. The normalized spacial score (nSPS) is 12.0. The van der Waals surface area contributed by atoms with Crippen LogP contribution < -0.4 is 15.8 Å². The first-order valence-electron chi connectivity index (χ1n) is 7.22. The fourth-order valence-corrected chi connectivity index (χ4v) is 1.72. The van der Waals surface area contributed by atoms with Crippen LogP contribution in [0.25, 0.3) is 0 Å². The van der Waals surface area contributed by atoms with E-state index in [9.17, 15) is 24.5 Å². The average Bonchev–Trinajstić information content (AvgIpc) is 2.44. The number of nitrogens with zero attached hydrogens (tertiary/aromatic N) is 1. The third kappa shape index (κ3) is 6.85. The number of esters is 1. The molecule has 1 rings (SSSR count). The summed E-state index contributed by atoms with van der Waals surface area (Å²) in [4.78, 5) is 45.3. The minimum absolute atomic E-state index is 0.321. The van der Waals surface area contributed by atoms with Gasteiger partial charge in [0.2, 0.25) is 11.7 Å². The molecule has 0 radical (unpaired) electrons. The second-order valence-corrected chi connectivity index (χ2v) is 6.02. The molecule has 0 aliphatic rings. The smallest absolute Gasteiger partial charge is 0.408 e. The van der Waals surface area contributed by atoms with Gasteiger partial charge in [0.1, 0.15) is 11.6 Å². The largest absolute Gasteiger partial charge is 0.444 e. The van der Waals surface area contributed by atoms with E-state index in [0.717, 1.165) is 6.07 Å². The summed E-state index contributed by atoms with van der Waals surface area (Å²) in [6.07, 6.45) is -1.52. The number of carbonyl (C=O) groups excluding carboxylic acids is 3. The van der Waals surface area contributed by atoms with Gasteiger partial charge in [0.15, 0.2) is 0 Å². The standard InChI is InChI=1S/C15H19N3O7/c1-15(2,3)25-14(21)17-9(8-12(16)19)13(20)24-11-7-5-4-6-10(11)18(22)23/h4-7,9H,8H2,1-3H3,(H2,16,19)(H,17,21)/t9-/m0/s1. The lowest BCUT2D eigenvalue weighted by Gasteiger charge is -2.22. The Morgan fingerprint density at radius 3 is 2.40 bits per heavy atom. The molecule has 1 aromatic carbocycles. The predicted octanol–water partition coefficient (Wildman–Crippen LogP) is 1.27. The van der Waals surface area contributed by atoms with E-state index in [4.69, 9.17) is 15.2 Å². The highest BCUT2D eigenvalue weighted by Crippen LogP contribution is 2.26. The summed E-state index contributed by atoms with van der Waals surface area (Å²) in [5.41, 5.74) is 3.79. The summed E-state index contributed by atoms with van der Waals surface area (Å²) in [6, 6.07) is 3.74. The Hall–Kier alpha value is -3.17. The van der Waals surface area contributed by atoms with E-state index in [1.54, 1.807) is 20.8 Å². The predicted molar refractivity (Wildman–Crippen MR) is 85.7 cm³/mol. The van der Waals surface area contributed by atoms with Crippen LogP contribution in [0.1, 0.15) is 27.2 Å². The van der Waals surface area contributed by atoms with Crippen LogP contribution in [0, 0.1) is 10.1 Å². The monoisotopic (exact) mass is 353 g/mol. The minimum atomic E-state index is -1.45. The van der Waals surface area contributed by atoms with Crippen molar-refractivity contribution in [2.45, 2.75) is 38.8 Å². The van der Waals surface area contributed by atoms with Gasteiger partial charge in [0.05, 0.1) is 11.3 Å². The molecule has 136 valence electrons. The summed E-state index contributed by atoms with van der Waals surface area (Å²) in [5, 5.41) is 13.1. The molecular formula is C15H19N3O7. The van der Waals surface area contributed by atoms with Crippen molar-refractivity contribution < 1.29 is 28.8 Å². The van der Waals surface area contributed by atoms with E-state index in [0.29, 0.717) is 0 Å². The quantitative estimate of drug-likeness (QED) is 0.338. The third-order valence-corrected chi connectivity index (χ3v) is 2.65. The average molecular weight is 353 g/mol. The summed E-state index contributed by atoms with van der Waals surface area (Å²) in [5.74, 6) is -2.28. The molecule has 0 aromatic heterocycles. The van der Waals surface area contributed by atoms with Gasteiger partial charge in [-0.2, -0.15) is 0 Å². The molecule has 1 aromatic rings. The van der Waals surface area contributed by atoms with Crippen molar-refractivity contribution in [3.8, 4) is 5.75 Å². The first kappa shape index (κ1) is 19.9. The SMILES string of the molecule is CC(C)(C)OC(=O)N[C@@H](CC(N)=O)C(=O)Oc1ccccc1[N+](=O)[O-]. The van der Waals surface area contributed by atoms with Gasteiger partial charge in [-0.05, 0) is 26.8 Å². The van der Waals surface area contributed by atoms with E-state index in [1.165, 1.54) is 18.2 Å². The van der Waals surface area contributed by atoms with Crippen LogP contribution in [0.2, 0.25) is 0 Å². The topological polar surface area (TPSA) is 151 Å². The summed E-state index contributed by atoms with van der Waals surface area (Å²) < 4.78 is 9.94. The lowest BCUT2D eigenvalue weighted by Crippen LogP contribution is -2.47. The summed E-state index contributed by atoms with van der Waals surface area (Å²) in [7, 11) is 0. The Labute approximate surface area is 143 Å². The van der Waals surface area contributed by atoms with Crippen molar-refractivity contribution in [1.29, 1.82) is 0 Å². The van der Waals surface area contributed by atoms with Crippen molar-refractivity contribution in [1.82, 2.24) is 5.32 Å². The maximum Gasteiger partial charge on any atom is 0.408 e. The molecule has 0 unspecified atom stereocenters. The Morgan fingerprint density at radius 1 is 1.28 bits per heavy atom. The molecule has 0 spiro atoms. The van der Waals surface area contributed by atoms with Gasteiger partial charge in [-0.15, -0.1) is 0 Å². The number of para-hydroxylation sites is 2. The zero-order chi connectivity index (χ0) is 19.2. The number of hydrogen-bond acceptors (Lipinski definition) is 7. The molecule has 0 aliphatic carbocycles. The van der Waals surface area contributed by atoms with E-state index in [1.807, 2.05) is 0 Å². The molecule has 0 fully saturated rings. The molecule has 10 nitrogen and oxygen atoms in total. The van der Waals surface area contributed by atoms with Crippen LogP contribution in [0.5, 0.6) is 5.75 Å². The first-order chi connectivity index (χ1) is 11.5. The van der Waals surface area contributed by atoms with Gasteiger partial charge in [0, 0.05) is 6.07 Å². The van der Waals surface area contributed by atoms with Crippen LogP contribution >= 0.6 is 0 Å². The molecular weight excluding hydrogens is 334 g/mol. The zero-order valence-electron chi connectivity index (χ0n) is 14.0. The van der Waals surface area contributed by atoms with Crippen LogP contribution in [0.3, 0.4) is 0 Å². The minimum Gasteiger partial charge on any atom is -0.444 e. The molecule has 1 atom stereocenters. The maximum absolute atomic E-state index is 12.2. The molecule has 25 heavy (non-hydrogen) atoms. The highest BCUT2D eigenvalue weighted by molar-refractivity contribution is 5.88. The van der Waals surface area contributed by atoms with Crippen LogP contribution in [-0.2, 0) is 14.3 Å². The Kier molecular flexibility index (Phi) is 6.43. The van der Waals surface area contributed by atoms with E-state index >= 15 is 0 Å². The number of nitrogens with two attached hydrogens (primary N) is 1. The second-order valence-electron chi connectivity index (χ2n) is 6.02. The lowest BCUT2D eigenvalue weighted by atomic mass is 10.2. The van der Waals surface area contributed by atoms with Gasteiger partial charge in [-0.25, -0.2) is 9.59 Å². The van der Waals surface area contributed by atoms with Crippen LogP contribution in [0.15, 0.2) is 24.3 Å². The van der Waals surface area contributed by atoms with E-state index < -0.39 is 46.6 Å². The van der Waals surface area contributed by atoms with Crippen molar-refractivity contribution in [3.05, 3.63) is 34.4 Å². The molecule has 10 heteroatoms. The van der Waals surface area contributed by atoms with Gasteiger partial charge in [-0.1, -0.05) is 12.1 Å². The van der Waals surface area contributed by atoms with Crippen LogP contribution in [0.4, 0.5) is 10.5 Å². The number of nitro benzene ring substituents is 1. The number of nitro groups is 1. The zero-order valence-corrected chi connectivity index (χ0v) is 14.0. The lowest BCUT2D eigenvalue weighted by molar-refractivity contribution is -0.385. The highest BCUT2D eigenvalue weighted by Gasteiger charge is 2.29. The number of amides is 2. The summed E-state index contributed by atoms with van der Waals surface area (Å²) >= 11 is 0. The third-order valence-electron chi connectivity index (χ3n) is 2.65. The number of nitrogens with one attached hydrogen (secondary N) is 1. The maximum atomic E-state index is 12.2. The van der Waals surface area contributed by atoms with Crippen molar-refractivity contribution in [3.63, 3.8) is 0 Å². The second kappa shape index (κ2) is 8.08. The Morgan fingerprint density at radius 2 is 1.88 bits per heavy atom. The number of rotatable bonds is 6. The van der Waals surface area contributed by atoms with Crippen molar-refractivity contribution in [2.75, 3.05) is 0 Å². The van der Waals surface area contributed by atoms with Crippen LogP contribution in [-0.4, -0.2) is 34.5 Å². The number of hydrogen-bond donors (Lipinski definition) is 2. The number of primary amides is 1. The number of alkyl carbamates (subject to hydrolysis) is 1. The molecule has 0 heterocycles. The molecule has 0 aliphatic heterocycles. The summed E-state index contributed by atoms with van der Waals surface area (Å²) in [6.45, 7) is 4.84. The highest BCUT2D eigenvalue weighted by atomic mass is 16.6. The van der Waals surface area contributed by atoms with Crippen molar-refractivity contribution in [2.24, 2.45) is 5.73 Å². The molecule has 0 saturated heterocycles. The van der Waals surface area contributed by atoms with E-state index in [2.05, 4.69) is 5.32 Å². The molecule has 2 amide bonds. The van der Waals surface area contributed by atoms with Crippen molar-refractivity contribution >= 4 is 23.7 Å². The molecule has 3 N–H and O–H groups in total. The van der Waals surface area contributed by atoms with Gasteiger partial charge in [0.25, 0.3) is 0 Å². The van der Waals surface area contributed by atoms with Gasteiger partial charge < -0.3 is 20.5 Å². The van der Waals surface area contributed by atoms with Gasteiger partial charge in [-0.3, -0.25) is 14.9 Å². The van der Waals surface area contributed by atoms with Gasteiger partial charge >= 0.3 is 17.7 Å². The fourth-order valence-electron chi connectivity index (χ4n) is 1.72. The Bertz CT molecular complexity index is 682. The number of carbonyl (C=O) groups is 3.